The molecule has 0 fully saturated rings. The fraction of sp³-hybridized carbons (Fsp3) is 0.133. The summed E-state index contributed by atoms with van der Waals surface area (Å²) in [4.78, 5) is 14.1. The van der Waals surface area contributed by atoms with Crippen LogP contribution in [0.15, 0.2) is 41.2 Å². The third-order valence-corrected chi connectivity index (χ3v) is 4.35. The maximum atomic E-state index is 11.4. The minimum absolute atomic E-state index is 0.0259. The second-order valence-electron chi connectivity index (χ2n) is 4.35. The molecule has 2 aromatic carbocycles. The van der Waals surface area contributed by atoms with E-state index in [1.807, 2.05) is 30.3 Å². The molecule has 96 valence electrons. The van der Waals surface area contributed by atoms with E-state index in [4.69, 9.17) is 11.6 Å². The van der Waals surface area contributed by atoms with Gasteiger partial charge in [0.25, 0.3) is 0 Å². The van der Waals surface area contributed by atoms with E-state index >= 15 is 0 Å². The van der Waals surface area contributed by atoms with Crippen molar-refractivity contribution in [3.63, 3.8) is 0 Å². The third-order valence-electron chi connectivity index (χ3n) is 3.19. The van der Waals surface area contributed by atoms with Gasteiger partial charge >= 0.3 is 4.87 Å². The first-order valence-electron chi connectivity index (χ1n) is 6.09. The van der Waals surface area contributed by atoms with Gasteiger partial charge in [0.15, 0.2) is 0 Å². The Balaban J connectivity index is 2.26. The summed E-state index contributed by atoms with van der Waals surface area (Å²) in [5, 5.41) is 0.751. The van der Waals surface area contributed by atoms with Gasteiger partial charge in [-0.05, 0) is 35.7 Å². The summed E-state index contributed by atoms with van der Waals surface area (Å²) < 4.78 is 0.962. The van der Waals surface area contributed by atoms with Crippen LogP contribution in [-0.4, -0.2) is 4.98 Å². The molecule has 0 amide bonds. The van der Waals surface area contributed by atoms with Crippen molar-refractivity contribution in [2.75, 3.05) is 0 Å². The van der Waals surface area contributed by atoms with Crippen molar-refractivity contribution in [3.8, 4) is 11.1 Å². The molecule has 0 saturated carbocycles. The largest absolute Gasteiger partial charge is 0.312 e. The van der Waals surface area contributed by atoms with Crippen LogP contribution in [0.1, 0.15) is 12.5 Å². The zero-order chi connectivity index (χ0) is 13.4. The zero-order valence-electron chi connectivity index (χ0n) is 10.4. The molecule has 0 spiro atoms. The van der Waals surface area contributed by atoms with E-state index < -0.39 is 0 Å². The van der Waals surface area contributed by atoms with Gasteiger partial charge in [-0.1, -0.05) is 48.1 Å². The van der Waals surface area contributed by atoms with Gasteiger partial charge in [0.2, 0.25) is 0 Å². The van der Waals surface area contributed by atoms with Crippen LogP contribution in [-0.2, 0) is 6.42 Å². The molecule has 0 aliphatic heterocycles. The number of nitrogens with one attached hydrogen (secondary N) is 1. The first-order chi connectivity index (χ1) is 9.19. The third kappa shape index (κ3) is 2.20. The highest BCUT2D eigenvalue weighted by Gasteiger charge is 2.10. The zero-order valence-corrected chi connectivity index (χ0v) is 11.9. The molecule has 0 radical (unpaired) electrons. The van der Waals surface area contributed by atoms with E-state index in [2.05, 4.69) is 18.0 Å². The smallest absolute Gasteiger partial charge is 0.305 e. The lowest BCUT2D eigenvalue weighted by Crippen LogP contribution is -1.90. The van der Waals surface area contributed by atoms with Crippen molar-refractivity contribution in [3.05, 3.63) is 56.7 Å². The second kappa shape index (κ2) is 4.83. The summed E-state index contributed by atoms with van der Waals surface area (Å²) in [6, 6.07) is 11.9. The molecule has 1 aromatic heterocycles. The summed E-state index contributed by atoms with van der Waals surface area (Å²) in [7, 11) is 0. The summed E-state index contributed by atoms with van der Waals surface area (Å²) in [6.45, 7) is 2.11. The van der Waals surface area contributed by atoms with Crippen LogP contribution in [0.4, 0.5) is 0 Å². The van der Waals surface area contributed by atoms with Crippen molar-refractivity contribution < 1.29 is 0 Å². The Morgan fingerprint density at radius 2 is 2.11 bits per heavy atom. The van der Waals surface area contributed by atoms with Gasteiger partial charge in [-0.3, -0.25) is 4.79 Å². The van der Waals surface area contributed by atoms with Gasteiger partial charge < -0.3 is 4.98 Å². The van der Waals surface area contributed by atoms with E-state index in [1.54, 1.807) is 0 Å². The fourth-order valence-corrected chi connectivity index (χ4v) is 3.37. The number of H-pyrrole nitrogens is 1. The van der Waals surface area contributed by atoms with E-state index in [0.717, 1.165) is 32.8 Å². The van der Waals surface area contributed by atoms with Crippen molar-refractivity contribution in [2.45, 2.75) is 13.3 Å². The molecule has 0 aliphatic rings. The molecule has 3 aromatic rings. The number of rotatable bonds is 2. The van der Waals surface area contributed by atoms with Crippen LogP contribution in [0.3, 0.4) is 0 Å². The normalized spacial score (nSPS) is 11.1. The van der Waals surface area contributed by atoms with Crippen LogP contribution in [0.2, 0.25) is 5.02 Å². The van der Waals surface area contributed by atoms with E-state index in [-0.39, 0.29) is 4.87 Å². The molecule has 4 heteroatoms. The van der Waals surface area contributed by atoms with Crippen molar-refractivity contribution in [1.82, 2.24) is 4.98 Å². The molecule has 0 atom stereocenters. The van der Waals surface area contributed by atoms with Gasteiger partial charge in [-0.2, -0.15) is 0 Å². The lowest BCUT2D eigenvalue weighted by atomic mass is 9.98. The standard InChI is InChI=1S/C15H12ClNOS/c1-2-9-4-3-5-11(16)14(9)10-6-7-12-13(8-10)19-15(18)17-12/h3-8H,2H2,1H3,(H,17,18). The number of aromatic amines is 1. The van der Waals surface area contributed by atoms with Crippen LogP contribution in [0, 0.1) is 0 Å². The van der Waals surface area contributed by atoms with Crippen molar-refractivity contribution in [2.24, 2.45) is 0 Å². The number of thiazole rings is 1. The monoisotopic (exact) mass is 289 g/mol. The molecular formula is C15H12ClNOS. The quantitative estimate of drug-likeness (QED) is 0.742. The molecule has 1 N–H and O–H groups in total. The van der Waals surface area contributed by atoms with Gasteiger partial charge in [0.05, 0.1) is 10.2 Å². The molecule has 3 rings (SSSR count). The molecule has 1 heterocycles. The van der Waals surface area contributed by atoms with Gasteiger partial charge in [-0.25, -0.2) is 0 Å². The molecule has 0 bridgehead atoms. The lowest BCUT2D eigenvalue weighted by Gasteiger charge is -2.10. The highest BCUT2D eigenvalue weighted by molar-refractivity contribution is 7.16. The highest BCUT2D eigenvalue weighted by Crippen LogP contribution is 2.33. The Morgan fingerprint density at radius 3 is 2.89 bits per heavy atom. The van der Waals surface area contributed by atoms with E-state index in [9.17, 15) is 4.79 Å². The highest BCUT2D eigenvalue weighted by atomic mass is 35.5. The van der Waals surface area contributed by atoms with Crippen molar-refractivity contribution in [1.29, 1.82) is 0 Å². The Hall–Kier alpha value is -1.58. The topological polar surface area (TPSA) is 32.9 Å². The van der Waals surface area contributed by atoms with E-state index in [1.165, 1.54) is 16.9 Å². The SMILES string of the molecule is CCc1cccc(Cl)c1-c1ccc2[nH]c(=O)sc2c1. The van der Waals surface area contributed by atoms with Crippen LogP contribution in [0.25, 0.3) is 21.3 Å². The van der Waals surface area contributed by atoms with Crippen LogP contribution in [0.5, 0.6) is 0 Å². The first kappa shape index (κ1) is 12.5. The number of aryl methyl sites for hydroxylation is 1. The van der Waals surface area contributed by atoms with E-state index in [0.29, 0.717) is 0 Å². The van der Waals surface area contributed by atoms with Gasteiger partial charge in [0.1, 0.15) is 0 Å². The molecule has 2 nitrogen and oxygen atoms in total. The van der Waals surface area contributed by atoms with Gasteiger partial charge in [-0.15, -0.1) is 0 Å². The molecular weight excluding hydrogens is 278 g/mol. The number of aromatic nitrogens is 1. The predicted octanol–water partition coefficient (Wildman–Crippen LogP) is 4.47. The summed E-state index contributed by atoms with van der Waals surface area (Å²) in [5.41, 5.74) is 4.22. The van der Waals surface area contributed by atoms with Crippen LogP contribution < -0.4 is 4.87 Å². The molecule has 0 saturated heterocycles. The van der Waals surface area contributed by atoms with Crippen LogP contribution >= 0.6 is 22.9 Å². The second-order valence-corrected chi connectivity index (χ2v) is 5.77. The summed E-state index contributed by atoms with van der Waals surface area (Å²) >= 11 is 7.56. The summed E-state index contributed by atoms with van der Waals surface area (Å²) in [5.74, 6) is 0. The summed E-state index contributed by atoms with van der Waals surface area (Å²) in [6.07, 6.45) is 0.928. The Labute approximate surface area is 119 Å². The predicted molar refractivity (Wildman–Crippen MR) is 82.3 cm³/mol. The molecule has 0 unspecified atom stereocenters. The molecule has 19 heavy (non-hydrogen) atoms. The Morgan fingerprint density at radius 1 is 1.26 bits per heavy atom. The average molecular weight is 290 g/mol. The number of hydrogen-bond donors (Lipinski definition) is 1. The number of hydrogen-bond acceptors (Lipinski definition) is 2. The maximum Gasteiger partial charge on any atom is 0.305 e. The Kier molecular flexibility index (Phi) is 3.17. The molecule has 0 aliphatic carbocycles. The maximum absolute atomic E-state index is 11.4. The fourth-order valence-electron chi connectivity index (χ4n) is 2.29. The lowest BCUT2D eigenvalue weighted by molar-refractivity contribution is 1.14. The minimum Gasteiger partial charge on any atom is -0.312 e. The average Bonchev–Trinajstić information content (AvgIpc) is 2.77. The number of benzene rings is 2. The van der Waals surface area contributed by atoms with Crippen molar-refractivity contribution >= 4 is 33.2 Å². The Bertz CT molecular complexity index is 803. The number of fused-ring (bicyclic) bond motifs is 1. The number of halogens is 1. The minimum atomic E-state index is -0.0259. The first-order valence-corrected chi connectivity index (χ1v) is 7.29. The van der Waals surface area contributed by atoms with Gasteiger partial charge in [0, 0.05) is 10.6 Å².